The third-order valence-corrected chi connectivity index (χ3v) is 5.97. The quantitative estimate of drug-likeness (QED) is 0.416. The van der Waals surface area contributed by atoms with Gasteiger partial charge in [0.2, 0.25) is 0 Å². The molecule has 5 aromatic rings. The lowest BCUT2D eigenvalue weighted by atomic mass is 10.2. The molecule has 0 aliphatic carbocycles. The Morgan fingerprint density at radius 2 is 1.82 bits per heavy atom. The van der Waals surface area contributed by atoms with Crippen LogP contribution >= 0.6 is 0 Å². The monoisotopic (exact) mass is 436 g/mol. The lowest BCUT2D eigenvalue weighted by Gasteiger charge is -2.29. The van der Waals surface area contributed by atoms with Gasteiger partial charge in [0.15, 0.2) is 5.65 Å². The normalized spacial score (nSPS) is 14.6. The minimum absolute atomic E-state index is 0.499. The SMILES string of the molecule is C(=NCc1cc(N2CCOCC2)n2nc(-c3ccccc3)cc2n1)c1c[nH]c2ccccc12. The Kier molecular flexibility index (Phi) is 5.08. The first-order valence-electron chi connectivity index (χ1n) is 11.2. The van der Waals surface area contributed by atoms with Gasteiger partial charge in [-0.2, -0.15) is 9.61 Å². The topological polar surface area (TPSA) is 70.8 Å². The predicted molar refractivity (Wildman–Crippen MR) is 131 cm³/mol. The summed E-state index contributed by atoms with van der Waals surface area (Å²) in [5.41, 5.74) is 5.93. The van der Waals surface area contributed by atoms with Gasteiger partial charge in [-0.15, -0.1) is 0 Å². The number of rotatable bonds is 5. The first-order chi connectivity index (χ1) is 16.3. The minimum Gasteiger partial charge on any atom is -0.378 e. The number of nitrogens with one attached hydrogen (secondary N) is 1. The number of nitrogens with zero attached hydrogens (tertiary/aromatic N) is 5. The Labute approximate surface area is 191 Å². The molecule has 0 saturated carbocycles. The average molecular weight is 437 g/mol. The lowest BCUT2D eigenvalue weighted by Crippen LogP contribution is -2.37. The van der Waals surface area contributed by atoms with Crippen molar-refractivity contribution in [3.05, 3.63) is 84.2 Å². The van der Waals surface area contributed by atoms with Gasteiger partial charge in [-0.25, -0.2) is 4.98 Å². The van der Waals surface area contributed by atoms with Crippen molar-refractivity contribution in [3.63, 3.8) is 0 Å². The van der Waals surface area contributed by atoms with Crippen molar-refractivity contribution in [3.8, 4) is 11.3 Å². The van der Waals surface area contributed by atoms with E-state index in [1.165, 1.54) is 5.39 Å². The number of para-hydroxylation sites is 1. The summed E-state index contributed by atoms with van der Waals surface area (Å²) in [5, 5.41) is 6.05. The van der Waals surface area contributed by atoms with Crippen LogP contribution in [0.15, 0.2) is 77.9 Å². The zero-order valence-electron chi connectivity index (χ0n) is 18.2. The van der Waals surface area contributed by atoms with Crippen molar-refractivity contribution in [1.82, 2.24) is 19.6 Å². The van der Waals surface area contributed by atoms with Crippen molar-refractivity contribution in [2.24, 2.45) is 4.99 Å². The Balaban J connectivity index is 1.36. The van der Waals surface area contributed by atoms with Gasteiger partial charge in [0, 0.05) is 59.7 Å². The fraction of sp³-hybridized carbons (Fsp3) is 0.192. The molecule has 0 unspecified atom stereocenters. The summed E-state index contributed by atoms with van der Waals surface area (Å²) in [5.74, 6) is 1.03. The summed E-state index contributed by atoms with van der Waals surface area (Å²) in [6.07, 6.45) is 3.91. The molecular weight excluding hydrogens is 412 g/mol. The molecule has 0 amide bonds. The second kappa shape index (κ2) is 8.52. The number of anilines is 1. The van der Waals surface area contributed by atoms with Crippen LogP contribution in [0.5, 0.6) is 0 Å². The molecule has 33 heavy (non-hydrogen) atoms. The van der Waals surface area contributed by atoms with Crippen LogP contribution in [0.25, 0.3) is 27.8 Å². The first-order valence-corrected chi connectivity index (χ1v) is 11.2. The molecule has 1 aliphatic rings. The number of hydrogen-bond donors (Lipinski definition) is 1. The minimum atomic E-state index is 0.499. The van der Waals surface area contributed by atoms with Crippen LogP contribution in [0.3, 0.4) is 0 Å². The van der Waals surface area contributed by atoms with Gasteiger partial charge in [0.25, 0.3) is 0 Å². The molecule has 0 bridgehead atoms. The molecule has 6 rings (SSSR count). The smallest absolute Gasteiger partial charge is 0.158 e. The lowest BCUT2D eigenvalue weighted by molar-refractivity contribution is 0.122. The highest BCUT2D eigenvalue weighted by molar-refractivity contribution is 5.98. The zero-order chi connectivity index (χ0) is 22.0. The second-order valence-corrected chi connectivity index (χ2v) is 8.13. The maximum atomic E-state index is 5.57. The highest BCUT2D eigenvalue weighted by atomic mass is 16.5. The summed E-state index contributed by atoms with van der Waals surface area (Å²) in [7, 11) is 0. The fourth-order valence-electron chi connectivity index (χ4n) is 4.30. The molecule has 7 heteroatoms. The molecule has 1 N–H and O–H groups in total. The van der Waals surface area contributed by atoms with Gasteiger partial charge < -0.3 is 14.6 Å². The molecule has 164 valence electrons. The molecule has 1 saturated heterocycles. The average Bonchev–Trinajstić information content (AvgIpc) is 3.49. The maximum absolute atomic E-state index is 5.57. The van der Waals surface area contributed by atoms with E-state index < -0.39 is 0 Å². The number of morpholine rings is 1. The summed E-state index contributed by atoms with van der Waals surface area (Å²) < 4.78 is 7.51. The van der Waals surface area contributed by atoms with E-state index in [0.29, 0.717) is 19.8 Å². The van der Waals surface area contributed by atoms with Crippen molar-refractivity contribution >= 4 is 28.6 Å². The molecular formula is C26H24N6O. The maximum Gasteiger partial charge on any atom is 0.158 e. The summed E-state index contributed by atoms with van der Waals surface area (Å²) in [6.45, 7) is 3.59. The van der Waals surface area contributed by atoms with E-state index in [4.69, 9.17) is 19.8 Å². The highest BCUT2D eigenvalue weighted by Gasteiger charge is 2.18. The van der Waals surface area contributed by atoms with E-state index in [0.717, 1.165) is 52.6 Å². The molecule has 0 atom stereocenters. The van der Waals surface area contributed by atoms with Crippen LogP contribution in [0.1, 0.15) is 11.3 Å². The zero-order valence-corrected chi connectivity index (χ0v) is 18.2. The molecule has 0 spiro atoms. The molecule has 7 nitrogen and oxygen atoms in total. The molecule has 3 aromatic heterocycles. The molecule has 1 aliphatic heterocycles. The van der Waals surface area contributed by atoms with Crippen molar-refractivity contribution in [2.45, 2.75) is 6.54 Å². The highest BCUT2D eigenvalue weighted by Crippen LogP contribution is 2.24. The largest absolute Gasteiger partial charge is 0.378 e. The van der Waals surface area contributed by atoms with E-state index in [-0.39, 0.29) is 0 Å². The first kappa shape index (κ1) is 19.7. The van der Waals surface area contributed by atoms with E-state index in [2.05, 4.69) is 40.2 Å². The number of hydrogen-bond acceptors (Lipinski definition) is 5. The van der Waals surface area contributed by atoms with Gasteiger partial charge in [-0.1, -0.05) is 48.5 Å². The van der Waals surface area contributed by atoms with Crippen LogP contribution in [0.2, 0.25) is 0 Å². The number of fused-ring (bicyclic) bond motifs is 2. The van der Waals surface area contributed by atoms with Gasteiger partial charge in [0.1, 0.15) is 5.82 Å². The van der Waals surface area contributed by atoms with Gasteiger partial charge in [-0.3, -0.25) is 4.99 Å². The second-order valence-electron chi connectivity index (χ2n) is 8.13. The van der Waals surface area contributed by atoms with E-state index in [1.807, 2.05) is 53.3 Å². The van der Waals surface area contributed by atoms with E-state index >= 15 is 0 Å². The third-order valence-electron chi connectivity index (χ3n) is 5.97. The molecule has 2 aromatic carbocycles. The Morgan fingerprint density at radius 3 is 2.70 bits per heavy atom. The Bertz CT molecular complexity index is 1430. The third kappa shape index (κ3) is 3.87. The molecule has 1 fully saturated rings. The number of benzene rings is 2. The summed E-state index contributed by atoms with van der Waals surface area (Å²) in [6, 6.07) is 22.6. The number of H-pyrrole nitrogens is 1. The van der Waals surface area contributed by atoms with Crippen LogP contribution in [0, 0.1) is 0 Å². The van der Waals surface area contributed by atoms with Gasteiger partial charge >= 0.3 is 0 Å². The molecule has 0 radical (unpaired) electrons. The van der Waals surface area contributed by atoms with Crippen LogP contribution < -0.4 is 4.90 Å². The summed E-state index contributed by atoms with van der Waals surface area (Å²) >= 11 is 0. The number of aromatic nitrogens is 4. The Morgan fingerprint density at radius 1 is 1.00 bits per heavy atom. The van der Waals surface area contributed by atoms with Crippen molar-refractivity contribution in [2.75, 3.05) is 31.2 Å². The van der Waals surface area contributed by atoms with E-state index in [1.54, 1.807) is 0 Å². The van der Waals surface area contributed by atoms with E-state index in [9.17, 15) is 0 Å². The molecule has 4 heterocycles. The predicted octanol–water partition coefficient (Wildman–Crippen LogP) is 4.33. The standard InChI is InChI=1S/C26H24N6O/c1-2-6-19(7-3-1)24-15-25-29-21(14-26(32(25)30-24)31-10-12-33-13-11-31)18-27-16-20-17-28-23-9-5-4-8-22(20)23/h1-9,14-17,28H,10-13,18H2. The van der Waals surface area contributed by atoms with Crippen molar-refractivity contribution in [1.29, 1.82) is 0 Å². The number of ether oxygens (including phenoxy) is 1. The Hall–Kier alpha value is -3.97. The number of aliphatic imine (C=N–C) groups is 1. The fourth-order valence-corrected chi connectivity index (χ4v) is 4.30. The number of aromatic amines is 1. The van der Waals surface area contributed by atoms with Crippen LogP contribution in [-0.4, -0.2) is 52.1 Å². The summed E-state index contributed by atoms with van der Waals surface area (Å²) in [4.78, 5) is 15.2. The van der Waals surface area contributed by atoms with Gasteiger partial charge in [-0.05, 0) is 6.07 Å². The van der Waals surface area contributed by atoms with Crippen molar-refractivity contribution < 1.29 is 4.74 Å². The van der Waals surface area contributed by atoms with Crippen LogP contribution in [0.4, 0.5) is 5.82 Å². The van der Waals surface area contributed by atoms with Crippen LogP contribution in [-0.2, 0) is 11.3 Å². The van der Waals surface area contributed by atoms with Gasteiger partial charge in [0.05, 0.1) is 31.1 Å².